The van der Waals surface area contributed by atoms with Gasteiger partial charge >= 0.3 is 0 Å². The Morgan fingerprint density at radius 2 is 2.04 bits per heavy atom. The number of carbonyl (C=O) groups is 1. The van der Waals surface area contributed by atoms with Crippen LogP contribution in [0, 0.1) is 5.41 Å². The fourth-order valence-electron chi connectivity index (χ4n) is 3.95. The topological polar surface area (TPSA) is 62.5 Å². The predicted octanol–water partition coefficient (Wildman–Crippen LogP) is 2.20. The van der Waals surface area contributed by atoms with E-state index in [1.807, 2.05) is 17.0 Å². The second-order valence-electron chi connectivity index (χ2n) is 6.92. The van der Waals surface area contributed by atoms with Gasteiger partial charge in [-0.1, -0.05) is 0 Å². The molecule has 2 aliphatic rings. The summed E-state index contributed by atoms with van der Waals surface area (Å²) in [6, 6.07) is 3.98. The molecule has 2 aromatic rings. The van der Waals surface area contributed by atoms with Crippen LogP contribution in [-0.4, -0.2) is 51.9 Å². The highest BCUT2D eigenvalue weighted by molar-refractivity contribution is 5.92. The van der Waals surface area contributed by atoms with E-state index in [9.17, 15) is 4.79 Å². The molecule has 4 heterocycles. The van der Waals surface area contributed by atoms with Crippen molar-refractivity contribution in [2.75, 3.05) is 26.2 Å². The number of rotatable bonds is 3. The first-order valence-electron chi connectivity index (χ1n) is 8.54. The van der Waals surface area contributed by atoms with Gasteiger partial charge < -0.3 is 9.32 Å². The molecular weight excluding hydrogens is 304 g/mol. The highest BCUT2D eigenvalue weighted by atomic mass is 16.3. The average molecular weight is 326 g/mol. The zero-order valence-electron chi connectivity index (χ0n) is 13.7. The van der Waals surface area contributed by atoms with Crippen LogP contribution >= 0.6 is 0 Å². The summed E-state index contributed by atoms with van der Waals surface area (Å²) < 4.78 is 5.46. The van der Waals surface area contributed by atoms with Gasteiger partial charge in [0.05, 0.1) is 19.0 Å². The largest absolute Gasteiger partial charge is 0.468 e. The van der Waals surface area contributed by atoms with Crippen molar-refractivity contribution in [3.63, 3.8) is 0 Å². The molecule has 2 fully saturated rings. The molecule has 0 unspecified atom stereocenters. The minimum Gasteiger partial charge on any atom is -0.468 e. The minimum absolute atomic E-state index is 0.00314. The molecule has 2 aromatic heterocycles. The van der Waals surface area contributed by atoms with Gasteiger partial charge in [-0.25, -0.2) is 4.98 Å². The van der Waals surface area contributed by atoms with Crippen molar-refractivity contribution in [1.82, 2.24) is 19.8 Å². The van der Waals surface area contributed by atoms with Gasteiger partial charge in [-0.2, -0.15) is 0 Å². The molecule has 2 aliphatic heterocycles. The van der Waals surface area contributed by atoms with E-state index in [0.29, 0.717) is 11.1 Å². The standard InChI is InChI=1S/C18H22N4O2/c23-17(16-12-19-6-7-20-16)22-9-4-18(5-10-22)3-8-21(14-18)13-15-2-1-11-24-15/h1-2,6-7,11-12H,3-5,8-10,13-14H2. The van der Waals surface area contributed by atoms with Gasteiger partial charge in [-0.15, -0.1) is 0 Å². The maximum atomic E-state index is 12.5. The van der Waals surface area contributed by atoms with Crippen LogP contribution in [0.5, 0.6) is 0 Å². The number of hydrogen-bond acceptors (Lipinski definition) is 5. The van der Waals surface area contributed by atoms with Crippen LogP contribution in [0.1, 0.15) is 35.5 Å². The van der Waals surface area contributed by atoms with Crippen LogP contribution in [-0.2, 0) is 6.54 Å². The number of furan rings is 1. The fraction of sp³-hybridized carbons (Fsp3) is 0.500. The van der Waals surface area contributed by atoms with Crippen molar-refractivity contribution in [1.29, 1.82) is 0 Å². The monoisotopic (exact) mass is 326 g/mol. The lowest BCUT2D eigenvalue weighted by molar-refractivity contribution is 0.0580. The van der Waals surface area contributed by atoms with Crippen molar-refractivity contribution in [2.24, 2.45) is 5.41 Å². The van der Waals surface area contributed by atoms with Crippen molar-refractivity contribution >= 4 is 5.91 Å². The van der Waals surface area contributed by atoms with Gasteiger partial charge in [-0.05, 0) is 43.4 Å². The van der Waals surface area contributed by atoms with E-state index in [0.717, 1.165) is 51.3 Å². The first kappa shape index (κ1) is 15.3. The Hall–Kier alpha value is -2.21. The molecule has 6 nitrogen and oxygen atoms in total. The lowest BCUT2D eigenvalue weighted by atomic mass is 9.77. The Morgan fingerprint density at radius 1 is 1.21 bits per heavy atom. The number of hydrogen-bond donors (Lipinski definition) is 0. The summed E-state index contributed by atoms with van der Waals surface area (Å²) in [5.41, 5.74) is 0.797. The quantitative estimate of drug-likeness (QED) is 0.865. The summed E-state index contributed by atoms with van der Waals surface area (Å²) in [5, 5.41) is 0. The Morgan fingerprint density at radius 3 is 2.75 bits per heavy atom. The lowest BCUT2D eigenvalue weighted by Crippen LogP contribution is -2.44. The van der Waals surface area contributed by atoms with Gasteiger partial charge in [0.2, 0.25) is 0 Å². The zero-order valence-corrected chi connectivity index (χ0v) is 13.7. The predicted molar refractivity (Wildman–Crippen MR) is 88.2 cm³/mol. The third kappa shape index (κ3) is 3.06. The van der Waals surface area contributed by atoms with Gasteiger partial charge in [0.1, 0.15) is 11.5 Å². The molecule has 1 spiro atoms. The Labute approximate surface area is 141 Å². The average Bonchev–Trinajstić information content (AvgIpc) is 3.27. The number of nitrogens with zero attached hydrogens (tertiary/aromatic N) is 4. The summed E-state index contributed by atoms with van der Waals surface area (Å²) in [5.74, 6) is 1.03. The summed E-state index contributed by atoms with van der Waals surface area (Å²) in [7, 11) is 0. The maximum absolute atomic E-state index is 12.5. The number of piperidine rings is 1. The summed E-state index contributed by atoms with van der Waals surface area (Å²) in [6.45, 7) is 4.71. The van der Waals surface area contributed by atoms with E-state index in [2.05, 4.69) is 14.9 Å². The Kier molecular flexibility index (Phi) is 4.06. The minimum atomic E-state index is 0.00314. The van der Waals surface area contributed by atoms with Crippen molar-refractivity contribution in [3.05, 3.63) is 48.4 Å². The Balaban J connectivity index is 1.34. The summed E-state index contributed by atoms with van der Waals surface area (Å²) >= 11 is 0. The molecule has 0 saturated carbocycles. The van der Waals surface area contributed by atoms with Crippen LogP contribution in [0.4, 0.5) is 0 Å². The molecule has 2 saturated heterocycles. The summed E-state index contributed by atoms with van der Waals surface area (Å²) in [4.78, 5) is 25.0. The maximum Gasteiger partial charge on any atom is 0.274 e. The van der Waals surface area contributed by atoms with Crippen LogP contribution in [0.3, 0.4) is 0 Å². The van der Waals surface area contributed by atoms with Crippen molar-refractivity contribution < 1.29 is 9.21 Å². The second kappa shape index (κ2) is 6.36. The van der Waals surface area contributed by atoms with Crippen LogP contribution in [0.2, 0.25) is 0 Å². The number of carbonyl (C=O) groups excluding carboxylic acids is 1. The molecule has 0 N–H and O–H groups in total. The molecule has 0 bridgehead atoms. The van der Waals surface area contributed by atoms with E-state index in [1.54, 1.807) is 24.9 Å². The van der Waals surface area contributed by atoms with Gasteiger partial charge in [0.15, 0.2) is 0 Å². The molecule has 0 aliphatic carbocycles. The third-order valence-electron chi connectivity index (χ3n) is 5.37. The smallest absolute Gasteiger partial charge is 0.274 e. The van der Waals surface area contributed by atoms with E-state index >= 15 is 0 Å². The molecule has 0 aromatic carbocycles. The molecule has 126 valence electrons. The normalized spacial score (nSPS) is 20.6. The Bertz CT molecular complexity index is 678. The fourth-order valence-corrected chi connectivity index (χ4v) is 3.95. The van der Waals surface area contributed by atoms with E-state index in [4.69, 9.17) is 4.42 Å². The SMILES string of the molecule is O=C(c1cnccn1)N1CCC2(CCN(Cc3ccco3)C2)CC1. The molecule has 1 amide bonds. The molecular formula is C18H22N4O2. The van der Waals surface area contributed by atoms with Gasteiger partial charge in [0.25, 0.3) is 5.91 Å². The van der Waals surface area contributed by atoms with Gasteiger partial charge in [0, 0.05) is 32.0 Å². The molecule has 0 atom stereocenters. The summed E-state index contributed by atoms with van der Waals surface area (Å²) in [6.07, 6.45) is 9.78. The van der Waals surface area contributed by atoms with Crippen LogP contribution in [0.25, 0.3) is 0 Å². The van der Waals surface area contributed by atoms with Crippen molar-refractivity contribution in [2.45, 2.75) is 25.8 Å². The molecule has 6 heteroatoms. The lowest BCUT2D eigenvalue weighted by Gasteiger charge is -2.39. The van der Waals surface area contributed by atoms with E-state index < -0.39 is 0 Å². The van der Waals surface area contributed by atoms with E-state index in [1.165, 1.54) is 6.42 Å². The number of likely N-dealkylation sites (tertiary alicyclic amines) is 2. The van der Waals surface area contributed by atoms with E-state index in [-0.39, 0.29) is 5.91 Å². The molecule has 24 heavy (non-hydrogen) atoms. The van der Waals surface area contributed by atoms with Crippen LogP contribution < -0.4 is 0 Å². The first-order chi connectivity index (χ1) is 11.7. The highest BCUT2D eigenvalue weighted by Gasteiger charge is 2.41. The van der Waals surface area contributed by atoms with Crippen LogP contribution in [0.15, 0.2) is 41.4 Å². The van der Waals surface area contributed by atoms with Crippen molar-refractivity contribution in [3.8, 4) is 0 Å². The zero-order chi connectivity index (χ0) is 16.4. The number of amides is 1. The molecule has 4 rings (SSSR count). The highest BCUT2D eigenvalue weighted by Crippen LogP contribution is 2.41. The second-order valence-corrected chi connectivity index (χ2v) is 6.92. The molecule has 0 radical (unpaired) electrons. The third-order valence-corrected chi connectivity index (χ3v) is 5.37. The van der Waals surface area contributed by atoms with Gasteiger partial charge in [-0.3, -0.25) is 14.7 Å². The first-order valence-corrected chi connectivity index (χ1v) is 8.54. The number of aromatic nitrogens is 2.